The van der Waals surface area contributed by atoms with Crippen LogP contribution in [0.2, 0.25) is 0 Å². The number of aliphatic hydroxyl groups is 1. The van der Waals surface area contributed by atoms with Crippen molar-refractivity contribution in [2.75, 3.05) is 0 Å². The zero-order chi connectivity index (χ0) is 15.0. The van der Waals surface area contributed by atoms with E-state index in [2.05, 4.69) is 30.9 Å². The third-order valence-corrected chi connectivity index (χ3v) is 3.42. The second-order valence-electron chi connectivity index (χ2n) is 4.38. The second kappa shape index (κ2) is 5.34. The van der Waals surface area contributed by atoms with Crippen molar-refractivity contribution >= 4 is 26.8 Å². The fraction of sp³-hybridized carbons (Fsp3) is 0.0714. The van der Waals surface area contributed by atoms with Crippen molar-refractivity contribution in [1.29, 1.82) is 0 Å². The van der Waals surface area contributed by atoms with Gasteiger partial charge in [-0.15, -0.1) is 0 Å². The van der Waals surface area contributed by atoms with E-state index in [0.717, 1.165) is 12.1 Å². The van der Waals surface area contributed by atoms with E-state index in [1.165, 1.54) is 0 Å². The maximum absolute atomic E-state index is 13.5. The minimum atomic E-state index is -0.558. The molecule has 0 bridgehead atoms. The summed E-state index contributed by atoms with van der Waals surface area (Å²) in [6.07, 6.45) is 0. The van der Waals surface area contributed by atoms with Crippen LogP contribution in [0.3, 0.4) is 0 Å². The van der Waals surface area contributed by atoms with E-state index in [0.29, 0.717) is 10.3 Å². The Morgan fingerprint density at radius 1 is 1.29 bits per heavy atom. The predicted octanol–water partition coefficient (Wildman–Crippen LogP) is 2.38. The number of halogens is 2. The Hall–Kier alpha value is -2.12. The Morgan fingerprint density at radius 3 is 2.81 bits per heavy atom. The number of aromatic nitrogens is 3. The van der Waals surface area contributed by atoms with Crippen LogP contribution in [0.1, 0.15) is 5.56 Å². The highest BCUT2D eigenvalue weighted by Gasteiger charge is 2.12. The first-order valence-corrected chi connectivity index (χ1v) is 6.84. The first-order chi connectivity index (χ1) is 10.1. The van der Waals surface area contributed by atoms with Gasteiger partial charge in [-0.25, -0.2) is 14.4 Å². The van der Waals surface area contributed by atoms with Gasteiger partial charge in [0.2, 0.25) is 0 Å². The normalized spacial score (nSPS) is 11.0. The summed E-state index contributed by atoms with van der Waals surface area (Å²) in [7, 11) is 0. The maximum Gasteiger partial charge on any atom is 0.259 e. The number of H-pyrrole nitrogens is 1. The van der Waals surface area contributed by atoms with E-state index >= 15 is 0 Å². The summed E-state index contributed by atoms with van der Waals surface area (Å²) in [5.74, 6) is -0.318. The molecule has 0 aliphatic heterocycles. The zero-order valence-electron chi connectivity index (χ0n) is 10.6. The van der Waals surface area contributed by atoms with Crippen LogP contribution < -0.4 is 5.56 Å². The van der Waals surface area contributed by atoms with Crippen molar-refractivity contribution < 1.29 is 9.50 Å². The van der Waals surface area contributed by atoms with Crippen molar-refractivity contribution in [3.63, 3.8) is 0 Å². The number of pyridine rings is 1. The molecule has 0 atom stereocenters. The summed E-state index contributed by atoms with van der Waals surface area (Å²) in [6, 6.07) is 7.45. The zero-order valence-corrected chi connectivity index (χ0v) is 12.2. The van der Waals surface area contributed by atoms with E-state index in [-0.39, 0.29) is 22.3 Å². The molecule has 0 saturated carbocycles. The molecular formula is C14H9BrFN3O2. The van der Waals surface area contributed by atoms with Crippen molar-refractivity contribution in [2.24, 2.45) is 0 Å². The smallest absolute Gasteiger partial charge is 0.259 e. The molecule has 0 radical (unpaired) electrons. The standard InChI is InChI=1S/C14H9BrFN3O2/c15-11-3-1-2-9(17-11)13-18-10-5-8(16)4-7(6-20)12(10)14(21)19-13/h1-5,20H,6H2,(H,18,19,21). The number of rotatable bonds is 2. The average molecular weight is 350 g/mol. The van der Waals surface area contributed by atoms with Gasteiger partial charge >= 0.3 is 0 Å². The third kappa shape index (κ3) is 2.57. The first-order valence-electron chi connectivity index (χ1n) is 6.05. The highest BCUT2D eigenvalue weighted by atomic mass is 79.9. The molecule has 0 aliphatic rings. The van der Waals surface area contributed by atoms with E-state index < -0.39 is 18.0 Å². The largest absolute Gasteiger partial charge is 0.392 e. The van der Waals surface area contributed by atoms with Crippen LogP contribution in [-0.2, 0) is 6.61 Å². The van der Waals surface area contributed by atoms with E-state index in [1.807, 2.05) is 0 Å². The quantitative estimate of drug-likeness (QED) is 0.696. The molecule has 0 unspecified atom stereocenters. The van der Waals surface area contributed by atoms with Gasteiger partial charge in [0.15, 0.2) is 5.82 Å². The number of nitrogens with one attached hydrogen (secondary N) is 1. The topological polar surface area (TPSA) is 78.9 Å². The van der Waals surface area contributed by atoms with Gasteiger partial charge < -0.3 is 10.1 Å². The van der Waals surface area contributed by atoms with Crippen molar-refractivity contribution in [3.05, 3.63) is 56.7 Å². The number of aromatic amines is 1. The Labute approximate surface area is 126 Å². The van der Waals surface area contributed by atoms with E-state index in [1.54, 1.807) is 18.2 Å². The van der Waals surface area contributed by atoms with E-state index in [4.69, 9.17) is 0 Å². The molecule has 2 heterocycles. The lowest BCUT2D eigenvalue weighted by molar-refractivity contribution is 0.282. The number of aliphatic hydroxyl groups excluding tert-OH is 1. The molecule has 0 amide bonds. The molecule has 2 N–H and O–H groups in total. The Bertz CT molecular complexity index is 895. The van der Waals surface area contributed by atoms with Crippen molar-refractivity contribution in [1.82, 2.24) is 15.0 Å². The van der Waals surface area contributed by atoms with Crippen LogP contribution in [0.4, 0.5) is 4.39 Å². The minimum Gasteiger partial charge on any atom is -0.392 e. The lowest BCUT2D eigenvalue weighted by Crippen LogP contribution is -2.12. The molecule has 5 nitrogen and oxygen atoms in total. The number of fused-ring (bicyclic) bond motifs is 1. The SMILES string of the molecule is O=c1[nH]c(-c2cccc(Br)n2)nc2cc(F)cc(CO)c12. The molecule has 1 aromatic carbocycles. The Balaban J connectivity index is 2.31. The number of nitrogens with zero attached hydrogens (tertiary/aromatic N) is 2. The fourth-order valence-corrected chi connectivity index (χ4v) is 2.45. The molecule has 0 saturated heterocycles. The van der Waals surface area contributed by atoms with Crippen LogP contribution in [0.15, 0.2) is 39.7 Å². The van der Waals surface area contributed by atoms with Gasteiger partial charge in [0.05, 0.1) is 17.5 Å². The van der Waals surface area contributed by atoms with Crippen LogP contribution in [-0.4, -0.2) is 20.1 Å². The van der Waals surface area contributed by atoms with E-state index in [9.17, 15) is 14.3 Å². The summed E-state index contributed by atoms with van der Waals surface area (Å²) >= 11 is 3.24. The summed E-state index contributed by atoms with van der Waals surface area (Å²) in [6.45, 7) is -0.437. The Morgan fingerprint density at radius 2 is 2.10 bits per heavy atom. The van der Waals surface area contributed by atoms with Gasteiger partial charge in [-0.05, 0) is 39.7 Å². The lowest BCUT2D eigenvalue weighted by atomic mass is 10.1. The van der Waals surface area contributed by atoms with Crippen LogP contribution in [0, 0.1) is 5.82 Å². The van der Waals surface area contributed by atoms with Crippen molar-refractivity contribution in [3.8, 4) is 11.5 Å². The first kappa shape index (κ1) is 13.8. The van der Waals surface area contributed by atoms with Crippen molar-refractivity contribution in [2.45, 2.75) is 6.61 Å². The monoisotopic (exact) mass is 349 g/mol. The molecule has 0 spiro atoms. The van der Waals surface area contributed by atoms with Gasteiger partial charge in [-0.3, -0.25) is 4.79 Å². The maximum atomic E-state index is 13.5. The number of hydrogen-bond donors (Lipinski definition) is 2. The molecule has 21 heavy (non-hydrogen) atoms. The average Bonchev–Trinajstić information content (AvgIpc) is 2.45. The second-order valence-corrected chi connectivity index (χ2v) is 5.19. The molecular weight excluding hydrogens is 341 g/mol. The minimum absolute atomic E-state index is 0.178. The van der Waals surface area contributed by atoms with Gasteiger partial charge in [0.1, 0.15) is 16.1 Å². The fourth-order valence-electron chi connectivity index (χ4n) is 2.10. The van der Waals surface area contributed by atoms with Gasteiger partial charge in [-0.1, -0.05) is 6.07 Å². The predicted molar refractivity (Wildman–Crippen MR) is 79.2 cm³/mol. The van der Waals surface area contributed by atoms with Crippen LogP contribution in [0.5, 0.6) is 0 Å². The molecule has 7 heteroatoms. The van der Waals surface area contributed by atoms with Gasteiger partial charge in [-0.2, -0.15) is 0 Å². The molecule has 0 aliphatic carbocycles. The van der Waals surface area contributed by atoms with Gasteiger partial charge in [0.25, 0.3) is 5.56 Å². The summed E-state index contributed by atoms with van der Waals surface area (Å²) in [4.78, 5) is 23.2. The number of benzene rings is 1. The molecule has 3 rings (SSSR count). The van der Waals surface area contributed by atoms with Crippen LogP contribution in [0.25, 0.3) is 22.4 Å². The molecule has 106 valence electrons. The summed E-state index contributed by atoms with van der Waals surface area (Å²) in [5.41, 5.74) is 0.395. The molecule has 3 aromatic rings. The Kier molecular flexibility index (Phi) is 3.52. The van der Waals surface area contributed by atoms with Crippen LogP contribution >= 0.6 is 15.9 Å². The summed E-state index contributed by atoms with van der Waals surface area (Å²) in [5, 5.41) is 9.42. The highest BCUT2D eigenvalue weighted by molar-refractivity contribution is 9.10. The third-order valence-electron chi connectivity index (χ3n) is 2.98. The highest BCUT2D eigenvalue weighted by Crippen LogP contribution is 2.20. The molecule has 0 fully saturated rings. The molecule has 2 aromatic heterocycles. The lowest BCUT2D eigenvalue weighted by Gasteiger charge is -2.06. The summed E-state index contributed by atoms with van der Waals surface area (Å²) < 4.78 is 14.1. The van der Waals surface area contributed by atoms with Gasteiger partial charge in [0, 0.05) is 6.07 Å². The number of hydrogen-bond acceptors (Lipinski definition) is 4.